The Morgan fingerprint density at radius 1 is 0.976 bits per heavy atom. The number of nitrogens with one attached hydrogen (secondary N) is 2. The average Bonchev–Trinajstić information content (AvgIpc) is 2.92. The molecule has 2 fully saturated rings. The molecule has 2 aliphatic rings. The number of anilines is 2. The van der Waals surface area contributed by atoms with Gasteiger partial charge in [-0.1, -0.05) is 0 Å². The van der Waals surface area contributed by atoms with Crippen LogP contribution in [0.25, 0.3) is 0 Å². The van der Waals surface area contributed by atoms with E-state index in [2.05, 4.69) is 15.6 Å². The molecule has 2 heterocycles. The summed E-state index contributed by atoms with van der Waals surface area (Å²) in [6.45, 7) is 0.918. The predicted octanol–water partition coefficient (Wildman–Crippen LogP) is 5.55. The highest BCUT2D eigenvalue weighted by Gasteiger charge is 2.38. The van der Waals surface area contributed by atoms with Crippen LogP contribution in [-0.2, 0) is 21.9 Å². The maximum absolute atomic E-state index is 13.2. The molecule has 1 aliphatic heterocycles. The molecule has 9 nitrogen and oxygen atoms in total. The molecule has 15 heteroatoms. The molecule has 41 heavy (non-hydrogen) atoms. The number of benzene rings is 1. The van der Waals surface area contributed by atoms with Gasteiger partial charge in [-0.3, -0.25) is 14.9 Å². The number of pyridine rings is 1. The van der Waals surface area contributed by atoms with E-state index < -0.39 is 34.1 Å². The highest BCUT2D eigenvalue weighted by Crippen LogP contribution is 2.38. The Hall–Kier alpha value is -3.62. The van der Waals surface area contributed by atoms with Crippen molar-refractivity contribution in [3.63, 3.8) is 0 Å². The fourth-order valence-electron chi connectivity index (χ4n) is 5.08. The van der Waals surface area contributed by atoms with E-state index in [4.69, 9.17) is 4.74 Å². The lowest BCUT2D eigenvalue weighted by Gasteiger charge is -2.33. The van der Waals surface area contributed by atoms with Gasteiger partial charge in [-0.2, -0.15) is 26.3 Å². The molecule has 0 spiro atoms. The second-order valence-corrected chi connectivity index (χ2v) is 10.1. The summed E-state index contributed by atoms with van der Waals surface area (Å²) in [6, 6.07) is 4.94. The zero-order chi connectivity index (χ0) is 29.8. The molecule has 0 radical (unpaired) electrons. The average molecular weight is 590 g/mol. The maximum Gasteiger partial charge on any atom is 0.423 e. The van der Waals surface area contributed by atoms with Crippen molar-refractivity contribution >= 4 is 23.1 Å². The van der Waals surface area contributed by atoms with Crippen molar-refractivity contribution in [2.75, 3.05) is 29.9 Å². The van der Waals surface area contributed by atoms with Crippen LogP contribution in [0.2, 0.25) is 0 Å². The van der Waals surface area contributed by atoms with Crippen LogP contribution in [-0.4, -0.2) is 53.7 Å². The van der Waals surface area contributed by atoms with E-state index in [-0.39, 0.29) is 36.4 Å². The standard InChI is InChI=1S/C26H29F6N5O4/c27-25(28,29)16-1-8-23(33-14-16)36-11-9-18(10-12-36)35-24(38)15-41-20-5-2-17(3-6-20)34-19-4-7-22(37(39)40)21(13-19)26(30,31)32/h1,4,7-8,13-14,17-18,20,34H,2-3,5-6,9-12,15H2,(H,35,38). The molecule has 4 rings (SSSR count). The molecule has 1 aliphatic carbocycles. The third-order valence-corrected chi connectivity index (χ3v) is 7.25. The lowest BCUT2D eigenvalue weighted by atomic mass is 9.92. The Labute approximate surface area is 231 Å². The monoisotopic (exact) mass is 589 g/mol. The minimum atomic E-state index is -4.85. The number of carbonyl (C=O) groups excluding carboxylic acids is 1. The van der Waals surface area contributed by atoms with Crippen molar-refractivity contribution in [2.45, 2.75) is 69.1 Å². The SMILES string of the molecule is O=C(COC1CCC(Nc2ccc([N+](=O)[O-])c(C(F)(F)F)c2)CC1)NC1CCN(c2ccc(C(F)(F)F)cn2)CC1. The van der Waals surface area contributed by atoms with E-state index in [1.807, 2.05) is 4.90 Å². The van der Waals surface area contributed by atoms with Crippen LogP contribution in [0.5, 0.6) is 0 Å². The summed E-state index contributed by atoms with van der Waals surface area (Å²) < 4.78 is 83.6. The summed E-state index contributed by atoms with van der Waals surface area (Å²) in [6.07, 6.45) is -5.13. The molecule has 0 unspecified atom stereocenters. The number of rotatable bonds is 8. The molecule has 224 valence electrons. The molecule has 1 saturated heterocycles. The zero-order valence-corrected chi connectivity index (χ0v) is 21.8. The molecular weight excluding hydrogens is 560 g/mol. The van der Waals surface area contributed by atoms with Crippen molar-refractivity contribution < 1.29 is 40.8 Å². The van der Waals surface area contributed by atoms with Crippen molar-refractivity contribution in [1.82, 2.24) is 10.3 Å². The molecule has 1 amide bonds. The summed E-state index contributed by atoms with van der Waals surface area (Å²) in [5, 5.41) is 16.9. The number of nitro benzene ring substituents is 1. The topological polar surface area (TPSA) is 110 Å². The fraction of sp³-hybridized carbons (Fsp3) is 0.538. The van der Waals surface area contributed by atoms with E-state index in [1.54, 1.807) is 0 Å². The number of hydrogen-bond acceptors (Lipinski definition) is 7. The van der Waals surface area contributed by atoms with Crippen molar-refractivity contribution in [2.24, 2.45) is 0 Å². The van der Waals surface area contributed by atoms with Gasteiger partial charge >= 0.3 is 12.4 Å². The summed E-state index contributed by atoms with van der Waals surface area (Å²) in [5.74, 6) is 0.174. The number of carbonyl (C=O) groups is 1. The molecular formula is C26H29F6N5O4. The number of nitrogens with zero attached hydrogens (tertiary/aromatic N) is 3. The lowest BCUT2D eigenvalue weighted by Crippen LogP contribution is -2.46. The summed E-state index contributed by atoms with van der Waals surface area (Å²) in [7, 11) is 0. The minimum absolute atomic E-state index is 0.0972. The maximum atomic E-state index is 13.2. The Morgan fingerprint density at radius 3 is 2.22 bits per heavy atom. The highest BCUT2D eigenvalue weighted by molar-refractivity contribution is 5.77. The van der Waals surface area contributed by atoms with Gasteiger partial charge in [0.15, 0.2) is 0 Å². The van der Waals surface area contributed by atoms with Gasteiger partial charge in [-0.05, 0) is 62.8 Å². The Kier molecular flexibility index (Phi) is 9.24. The van der Waals surface area contributed by atoms with E-state index in [1.165, 1.54) is 12.1 Å². The third kappa shape index (κ3) is 8.21. The number of nitro groups is 1. The zero-order valence-electron chi connectivity index (χ0n) is 21.8. The van der Waals surface area contributed by atoms with Crippen LogP contribution in [0.4, 0.5) is 43.5 Å². The normalized spacial score (nSPS) is 20.5. The first kappa shape index (κ1) is 30.3. The van der Waals surface area contributed by atoms with Gasteiger partial charge in [-0.25, -0.2) is 4.98 Å². The van der Waals surface area contributed by atoms with Crippen LogP contribution in [0, 0.1) is 10.1 Å². The van der Waals surface area contributed by atoms with Gasteiger partial charge in [0.1, 0.15) is 18.0 Å². The van der Waals surface area contributed by atoms with E-state index in [0.29, 0.717) is 57.4 Å². The molecule has 1 aromatic carbocycles. The van der Waals surface area contributed by atoms with Gasteiger partial charge in [-0.15, -0.1) is 0 Å². The van der Waals surface area contributed by atoms with Gasteiger partial charge in [0.2, 0.25) is 5.91 Å². The quantitative estimate of drug-likeness (QED) is 0.236. The molecule has 2 N–H and O–H groups in total. The van der Waals surface area contributed by atoms with Crippen LogP contribution < -0.4 is 15.5 Å². The summed E-state index contributed by atoms with van der Waals surface area (Å²) in [5.41, 5.74) is -2.97. The number of halogens is 6. The van der Waals surface area contributed by atoms with Gasteiger partial charge in [0.25, 0.3) is 5.69 Å². The molecule has 1 saturated carbocycles. The van der Waals surface area contributed by atoms with Gasteiger partial charge in [0.05, 0.1) is 16.6 Å². The Morgan fingerprint density at radius 2 is 1.66 bits per heavy atom. The van der Waals surface area contributed by atoms with Crippen LogP contribution in [0.1, 0.15) is 49.7 Å². The predicted molar refractivity (Wildman–Crippen MR) is 136 cm³/mol. The first-order valence-corrected chi connectivity index (χ1v) is 13.1. The van der Waals surface area contributed by atoms with Crippen LogP contribution in [0.3, 0.4) is 0 Å². The van der Waals surface area contributed by atoms with Gasteiger partial charge < -0.3 is 20.3 Å². The third-order valence-electron chi connectivity index (χ3n) is 7.25. The summed E-state index contributed by atoms with van der Waals surface area (Å²) in [4.78, 5) is 28.1. The second-order valence-electron chi connectivity index (χ2n) is 10.1. The molecule has 2 aromatic rings. The first-order valence-electron chi connectivity index (χ1n) is 13.1. The van der Waals surface area contributed by atoms with Gasteiger partial charge in [0, 0.05) is 43.1 Å². The first-order chi connectivity index (χ1) is 19.3. The number of aromatic nitrogens is 1. The van der Waals surface area contributed by atoms with Crippen molar-refractivity contribution in [1.29, 1.82) is 0 Å². The smallest absolute Gasteiger partial charge is 0.382 e. The van der Waals surface area contributed by atoms with Crippen molar-refractivity contribution in [3.05, 3.63) is 57.8 Å². The van der Waals surface area contributed by atoms with Crippen molar-refractivity contribution in [3.8, 4) is 0 Å². The summed E-state index contributed by atoms with van der Waals surface area (Å²) >= 11 is 0. The molecule has 0 bridgehead atoms. The molecule has 1 aromatic heterocycles. The number of amides is 1. The Balaban J connectivity index is 1.16. The van der Waals surface area contributed by atoms with E-state index >= 15 is 0 Å². The number of piperidine rings is 1. The van der Waals surface area contributed by atoms with Crippen LogP contribution in [0.15, 0.2) is 36.5 Å². The van der Waals surface area contributed by atoms with E-state index in [0.717, 1.165) is 24.4 Å². The molecule has 0 atom stereocenters. The Bertz CT molecular complexity index is 1210. The fourth-order valence-corrected chi connectivity index (χ4v) is 5.08. The number of alkyl halides is 6. The van der Waals surface area contributed by atoms with Crippen LogP contribution >= 0.6 is 0 Å². The largest absolute Gasteiger partial charge is 0.423 e. The van der Waals surface area contributed by atoms with E-state index in [9.17, 15) is 41.3 Å². The lowest BCUT2D eigenvalue weighted by molar-refractivity contribution is -0.388. The second kappa shape index (κ2) is 12.5. The highest BCUT2D eigenvalue weighted by atomic mass is 19.4. The number of ether oxygens (including phenoxy) is 1. The minimum Gasteiger partial charge on any atom is -0.382 e. The number of hydrogen-bond donors (Lipinski definition) is 2.